The number of alkyl halides is 6. The highest BCUT2D eigenvalue weighted by molar-refractivity contribution is 14.1. The second-order valence-electron chi connectivity index (χ2n) is 8.82. The van der Waals surface area contributed by atoms with Gasteiger partial charge in [0, 0.05) is 28.7 Å². The first kappa shape index (κ1) is 35.0. The second-order valence-corrected chi connectivity index (χ2v) is 9.98. The Labute approximate surface area is 257 Å². The molecule has 0 saturated carbocycles. The molecule has 0 amide bonds. The lowest BCUT2D eigenvalue weighted by molar-refractivity contribution is -0.138. The smallest absolute Gasteiger partial charge is 0.489 e. The predicted octanol–water partition coefficient (Wildman–Crippen LogP) is 7.41. The average molecular weight is 746 g/mol. The summed E-state index contributed by atoms with van der Waals surface area (Å²) in [7, 11) is -2.20. The van der Waals surface area contributed by atoms with E-state index in [2.05, 4.69) is 0 Å². The Kier molecular flexibility index (Phi) is 11.5. The summed E-state index contributed by atoms with van der Waals surface area (Å²) in [5.41, 5.74) is -2.30. The normalized spacial score (nSPS) is 11.5. The fraction of sp³-hybridized carbons (Fsp3) is 0.143. The highest BCUT2D eigenvalue weighted by Gasteiger charge is 2.33. The number of hydrogen-bond acceptors (Lipinski definition) is 4. The second kappa shape index (κ2) is 14.5. The minimum Gasteiger partial charge on any atom is -0.489 e. The molecule has 0 spiro atoms. The van der Waals surface area contributed by atoms with E-state index < -0.39 is 65.9 Å². The van der Waals surface area contributed by atoms with Gasteiger partial charge in [0.15, 0.2) is 0 Å². The van der Waals surface area contributed by atoms with Gasteiger partial charge >= 0.3 is 19.5 Å². The molecule has 0 fully saturated rings. The maximum atomic E-state index is 13.5. The molecule has 0 atom stereocenters. The van der Waals surface area contributed by atoms with E-state index >= 15 is 0 Å². The van der Waals surface area contributed by atoms with Crippen LogP contribution in [0.2, 0.25) is 0 Å². The van der Waals surface area contributed by atoms with Crippen LogP contribution < -0.4 is 14.9 Å². The van der Waals surface area contributed by atoms with Gasteiger partial charge in [0.2, 0.25) is 0 Å². The largest absolute Gasteiger partial charge is 0.492 e. The van der Waals surface area contributed by atoms with Gasteiger partial charge in [0.1, 0.15) is 48.0 Å². The van der Waals surface area contributed by atoms with Crippen molar-refractivity contribution in [3.05, 3.63) is 122 Å². The molecule has 4 aromatic rings. The van der Waals surface area contributed by atoms with Crippen LogP contribution in [0.5, 0.6) is 11.5 Å². The van der Waals surface area contributed by atoms with Crippen molar-refractivity contribution in [2.75, 3.05) is 0 Å². The van der Waals surface area contributed by atoms with Crippen molar-refractivity contribution < 1.29 is 63.4 Å². The van der Waals surface area contributed by atoms with Gasteiger partial charge in [0.05, 0.1) is 14.7 Å². The molecule has 234 valence electrons. The number of hydrogen-bond donors (Lipinski definition) is 2. The molecule has 0 radical (unpaired) electrons. The van der Waals surface area contributed by atoms with Crippen LogP contribution in [-0.2, 0) is 25.6 Å². The molecule has 0 bridgehead atoms. The van der Waals surface area contributed by atoms with Crippen LogP contribution in [0.3, 0.4) is 0 Å². The summed E-state index contributed by atoms with van der Waals surface area (Å²) in [5, 5.41) is 18.3. The number of rotatable bonds is 7. The van der Waals surface area contributed by atoms with Gasteiger partial charge < -0.3 is 19.5 Å². The Hall–Kier alpha value is -3.51. The standard InChI is InChI=1S/C14H10BF5O3.C14H8F5IO/c16-10-3-1-8(12(17)6-10)7-23-13-4-2-9(14(18,19)20)5-11(13)15(21)22;15-10-3-1-8(11(16)6-10)7-21-13-4-2-9(5-12(13)20)14(17,18)19/h1-6,21-22H,7H2;1-6H,7H2. The van der Waals surface area contributed by atoms with Gasteiger partial charge in [-0.15, -0.1) is 0 Å². The van der Waals surface area contributed by atoms with E-state index in [9.17, 15) is 43.9 Å². The predicted molar refractivity (Wildman–Crippen MR) is 147 cm³/mol. The van der Waals surface area contributed by atoms with Crippen LogP contribution in [0.25, 0.3) is 0 Å². The van der Waals surface area contributed by atoms with Crippen molar-refractivity contribution in [2.45, 2.75) is 25.6 Å². The molecule has 0 saturated heterocycles. The minimum atomic E-state index is -4.66. The van der Waals surface area contributed by atoms with Gasteiger partial charge in [-0.3, -0.25) is 0 Å². The summed E-state index contributed by atoms with van der Waals surface area (Å²) in [4.78, 5) is 0. The van der Waals surface area contributed by atoms with Gasteiger partial charge in [-0.05, 0) is 83.3 Å². The molecular weight excluding hydrogens is 728 g/mol. The molecular formula is C28H18BF10IO4. The van der Waals surface area contributed by atoms with Crippen LogP contribution in [0.1, 0.15) is 22.3 Å². The molecule has 0 heterocycles. The zero-order valence-corrected chi connectivity index (χ0v) is 23.9. The first-order chi connectivity index (χ1) is 20.5. The maximum absolute atomic E-state index is 13.5. The summed E-state index contributed by atoms with van der Waals surface area (Å²) in [6.45, 7) is -0.620. The van der Waals surface area contributed by atoms with Gasteiger partial charge in [-0.1, -0.05) is 0 Å². The molecule has 0 unspecified atom stereocenters. The van der Waals surface area contributed by atoms with Gasteiger partial charge in [0.25, 0.3) is 0 Å². The van der Waals surface area contributed by atoms with Crippen LogP contribution in [0.15, 0.2) is 72.8 Å². The third kappa shape index (κ3) is 9.75. The molecule has 4 nitrogen and oxygen atoms in total. The van der Waals surface area contributed by atoms with Crippen molar-refractivity contribution in [1.29, 1.82) is 0 Å². The molecule has 4 aromatic carbocycles. The Balaban J connectivity index is 0.000000241. The minimum absolute atomic E-state index is 0.0373. The molecule has 2 N–H and O–H groups in total. The molecule has 16 heteroatoms. The number of benzene rings is 4. The lowest BCUT2D eigenvalue weighted by Gasteiger charge is -2.14. The van der Waals surface area contributed by atoms with Crippen molar-refractivity contribution in [3.63, 3.8) is 0 Å². The zero-order valence-electron chi connectivity index (χ0n) is 21.8. The quantitative estimate of drug-likeness (QED) is 0.118. The summed E-state index contributed by atoms with van der Waals surface area (Å²) in [6, 6.07) is 10.9. The molecule has 0 aromatic heterocycles. The Morgan fingerprint density at radius 2 is 1.02 bits per heavy atom. The first-order valence-electron chi connectivity index (χ1n) is 12.0. The summed E-state index contributed by atoms with van der Waals surface area (Å²) < 4.78 is 138. The van der Waals surface area contributed by atoms with Crippen LogP contribution in [0, 0.1) is 26.8 Å². The van der Waals surface area contributed by atoms with E-state index in [0.717, 1.165) is 42.5 Å². The molecule has 4 rings (SSSR count). The van der Waals surface area contributed by atoms with Gasteiger partial charge in [-0.2, -0.15) is 26.3 Å². The number of halogens is 11. The van der Waals surface area contributed by atoms with Crippen LogP contribution in [0.4, 0.5) is 43.9 Å². The van der Waals surface area contributed by atoms with Crippen molar-refractivity contribution >= 4 is 35.2 Å². The highest BCUT2D eigenvalue weighted by Crippen LogP contribution is 2.33. The maximum Gasteiger partial charge on any atom is 0.492 e. The van der Waals surface area contributed by atoms with Crippen molar-refractivity contribution in [2.24, 2.45) is 0 Å². The summed E-state index contributed by atoms with van der Waals surface area (Å²) in [5.74, 6) is -3.20. The van der Waals surface area contributed by atoms with Gasteiger partial charge in [-0.25, -0.2) is 17.6 Å². The summed E-state index contributed by atoms with van der Waals surface area (Å²) in [6.07, 6.45) is -9.09. The number of ether oxygens (including phenoxy) is 2. The molecule has 0 aliphatic rings. The first-order valence-corrected chi connectivity index (χ1v) is 13.1. The fourth-order valence-corrected chi connectivity index (χ4v) is 4.11. The Bertz CT molecular complexity index is 1600. The van der Waals surface area contributed by atoms with E-state index in [1.165, 1.54) is 12.1 Å². The third-order valence-electron chi connectivity index (χ3n) is 5.67. The molecule has 44 heavy (non-hydrogen) atoms. The average Bonchev–Trinajstić information content (AvgIpc) is 2.92. The van der Waals surface area contributed by atoms with E-state index in [-0.39, 0.29) is 32.8 Å². The van der Waals surface area contributed by atoms with Crippen LogP contribution in [-0.4, -0.2) is 17.2 Å². The fourth-order valence-electron chi connectivity index (χ4n) is 3.44. The summed E-state index contributed by atoms with van der Waals surface area (Å²) >= 11 is 1.70. The SMILES string of the molecule is Fc1ccc(COc2ccc(C(F)(F)F)cc2I)c(F)c1.OB(O)c1cc(C(F)(F)F)ccc1OCc1ccc(F)cc1F. The van der Waals surface area contributed by atoms with Crippen molar-refractivity contribution in [1.82, 2.24) is 0 Å². The highest BCUT2D eigenvalue weighted by atomic mass is 127. The lowest BCUT2D eigenvalue weighted by atomic mass is 9.78. The van der Waals surface area contributed by atoms with Crippen LogP contribution >= 0.6 is 22.6 Å². The Morgan fingerprint density at radius 3 is 1.43 bits per heavy atom. The van der Waals surface area contributed by atoms with E-state index in [1.807, 2.05) is 0 Å². The van der Waals surface area contributed by atoms with E-state index in [4.69, 9.17) is 19.5 Å². The monoisotopic (exact) mass is 746 g/mol. The molecule has 0 aliphatic heterocycles. The van der Waals surface area contributed by atoms with E-state index in [0.29, 0.717) is 18.2 Å². The zero-order chi connectivity index (χ0) is 32.8. The van der Waals surface area contributed by atoms with Crippen molar-refractivity contribution in [3.8, 4) is 11.5 Å². The van der Waals surface area contributed by atoms with E-state index in [1.54, 1.807) is 22.6 Å². The Morgan fingerprint density at radius 1 is 0.591 bits per heavy atom. The lowest BCUT2D eigenvalue weighted by Crippen LogP contribution is -2.32. The topological polar surface area (TPSA) is 58.9 Å². The third-order valence-corrected chi connectivity index (χ3v) is 6.51. The molecule has 0 aliphatic carbocycles.